The molecule has 0 aliphatic carbocycles. The van der Waals surface area contributed by atoms with Gasteiger partial charge in [-0.3, -0.25) is 0 Å². The summed E-state index contributed by atoms with van der Waals surface area (Å²) in [5.41, 5.74) is 0.371. The van der Waals surface area contributed by atoms with Crippen LogP contribution in [0.25, 0.3) is 0 Å². The first kappa shape index (κ1) is 7.95. The van der Waals surface area contributed by atoms with Gasteiger partial charge in [0.1, 0.15) is 11.0 Å². The molecule has 0 aromatic carbocycles. The van der Waals surface area contributed by atoms with Crippen molar-refractivity contribution in [2.75, 3.05) is 0 Å². The van der Waals surface area contributed by atoms with Gasteiger partial charge in [0, 0.05) is 11.8 Å². The summed E-state index contributed by atoms with van der Waals surface area (Å²) in [7, 11) is 0. The monoisotopic (exact) mass is 223 g/mol. The van der Waals surface area contributed by atoms with E-state index in [-0.39, 0.29) is 11.0 Å². The maximum atomic E-state index is 12.8. The van der Waals surface area contributed by atoms with Crippen molar-refractivity contribution in [1.29, 1.82) is 0 Å². The van der Waals surface area contributed by atoms with E-state index in [0.717, 1.165) is 0 Å². The van der Waals surface area contributed by atoms with E-state index in [9.17, 15) is 4.39 Å². The molecule has 0 saturated carbocycles. The van der Waals surface area contributed by atoms with Crippen LogP contribution in [0, 0.1) is 12.7 Å². The molecule has 10 heavy (non-hydrogen) atoms. The van der Waals surface area contributed by atoms with E-state index < -0.39 is 0 Å². The summed E-state index contributed by atoms with van der Waals surface area (Å²) < 4.78 is 13.2. The SMILES string of the molecule is Cc1c(Cl)ncc(Br)c1F. The minimum Gasteiger partial charge on any atom is -0.243 e. The molecule has 0 fully saturated rings. The van der Waals surface area contributed by atoms with Crippen LogP contribution in [0.1, 0.15) is 5.56 Å². The molecule has 0 aliphatic heterocycles. The molecular weight excluding hydrogens is 220 g/mol. The Morgan fingerprint density at radius 2 is 2.30 bits per heavy atom. The Bertz CT molecular complexity index is 237. The van der Waals surface area contributed by atoms with Crippen LogP contribution in [0.4, 0.5) is 4.39 Å². The van der Waals surface area contributed by atoms with E-state index >= 15 is 0 Å². The molecule has 1 aromatic heterocycles. The van der Waals surface area contributed by atoms with E-state index in [0.29, 0.717) is 10.0 Å². The molecular formula is C6H4BrClFN. The lowest BCUT2D eigenvalue weighted by Crippen LogP contribution is -1.87. The first-order chi connectivity index (χ1) is 4.63. The third kappa shape index (κ3) is 1.30. The van der Waals surface area contributed by atoms with Crippen molar-refractivity contribution in [3.63, 3.8) is 0 Å². The molecule has 1 aromatic rings. The Morgan fingerprint density at radius 3 is 2.80 bits per heavy atom. The Morgan fingerprint density at radius 1 is 1.70 bits per heavy atom. The van der Waals surface area contributed by atoms with Gasteiger partial charge in [0.25, 0.3) is 0 Å². The summed E-state index contributed by atoms with van der Waals surface area (Å²) in [6.07, 6.45) is 1.34. The van der Waals surface area contributed by atoms with Crippen molar-refractivity contribution in [3.8, 4) is 0 Å². The molecule has 0 N–H and O–H groups in total. The van der Waals surface area contributed by atoms with E-state index in [4.69, 9.17) is 11.6 Å². The van der Waals surface area contributed by atoms with Gasteiger partial charge in [0.2, 0.25) is 0 Å². The van der Waals surface area contributed by atoms with Crippen LogP contribution in [0.5, 0.6) is 0 Å². The van der Waals surface area contributed by atoms with Gasteiger partial charge in [-0.15, -0.1) is 0 Å². The first-order valence-electron chi connectivity index (χ1n) is 2.59. The highest BCUT2D eigenvalue weighted by Crippen LogP contribution is 2.21. The zero-order valence-electron chi connectivity index (χ0n) is 5.16. The second-order valence-corrected chi connectivity index (χ2v) is 3.05. The van der Waals surface area contributed by atoms with Crippen molar-refractivity contribution in [2.45, 2.75) is 6.92 Å². The number of halogens is 3. The van der Waals surface area contributed by atoms with Gasteiger partial charge in [-0.2, -0.15) is 0 Å². The highest BCUT2D eigenvalue weighted by molar-refractivity contribution is 9.10. The fraction of sp³-hybridized carbons (Fsp3) is 0.167. The van der Waals surface area contributed by atoms with Crippen molar-refractivity contribution < 1.29 is 4.39 Å². The summed E-state index contributed by atoms with van der Waals surface area (Å²) in [5.74, 6) is -0.347. The minimum atomic E-state index is -0.347. The number of rotatable bonds is 0. The first-order valence-corrected chi connectivity index (χ1v) is 3.76. The Kier molecular flexibility index (Phi) is 2.26. The highest BCUT2D eigenvalue weighted by Gasteiger charge is 2.06. The van der Waals surface area contributed by atoms with Crippen LogP contribution >= 0.6 is 27.5 Å². The highest BCUT2D eigenvalue weighted by atomic mass is 79.9. The fourth-order valence-electron chi connectivity index (χ4n) is 0.537. The zero-order chi connectivity index (χ0) is 7.72. The normalized spacial score (nSPS) is 10.0. The molecule has 0 bridgehead atoms. The van der Waals surface area contributed by atoms with E-state index in [1.165, 1.54) is 6.20 Å². The van der Waals surface area contributed by atoms with E-state index in [1.54, 1.807) is 6.92 Å². The van der Waals surface area contributed by atoms with Crippen LogP contribution in [0.3, 0.4) is 0 Å². The molecule has 1 heterocycles. The second-order valence-electron chi connectivity index (χ2n) is 1.84. The molecule has 4 heteroatoms. The Labute approximate surface area is 71.4 Å². The molecule has 0 unspecified atom stereocenters. The number of hydrogen-bond donors (Lipinski definition) is 0. The van der Waals surface area contributed by atoms with Gasteiger partial charge in [0.15, 0.2) is 0 Å². The average Bonchev–Trinajstić information content (AvgIpc) is 1.93. The van der Waals surface area contributed by atoms with Crippen LogP contribution in [0.2, 0.25) is 5.15 Å². The maximum Gasteiger partial charge on any atom is 0.144 e. The summed E-state index contributed by atoms with van der Waals surface area (Å²) in [6.45, 7) is 1.58. The second kappa shape index (κ2) is 2.84. The molecule has 0 atom stereocenters. The summed E-state index contributed by atoms with van der Waals surface area (Å²) in [4.78, 5) is 3.72. The summed E-state index contributed by atoms with van der Waals surface area (Å²) >= 11 is 8.50. The van der Waals surface area contributed by atoms with Gasteiger partial charge < -0.3 is 0 Å². The Hall–Kier alpha value is -0.150. The number of nitrogens with zero attached hydrogens (tertiary/aromatic N) is 1. The van der Waals surface area contributed by atoms with E-state index in [1.807, 2.05) is 0 Å². The zero-order valence-corrected chi connectivity index (χ0v) is 7.50. The van der Waals surface area contributed by atoms with Crippen molar-refractivity contribution in [2.24, 2.45) is 0 Å². The smallest absolute Gasteiger partial charge is 0.144 e. The molecule has 1 nitrogen and oxygen atoms in total. The third-order valence-electron chi connectivity index (χ3n) is 1.14. The van der Waals surface area contributed by atoms with Crippen LogP contribution < -0.4 is 0 Å². The Balaban J connectivity index is 3.34. The standard InChI is InChI=1S/C6H4BrClFN/c1-3-5(9)4(7)2-10-6(3)8/h2H,1H3. The van der Waals surface area contributed by atoms with Crippen molar-refractivity contribution in [3.05, 3.63) is 27.2 Å². The van der Waals surface area contributed by atoms with Gasteiger partial charge in [-0.1, -0.05) is 11.6 Å². The summed E-state index contributed by atoms with van der Waals surface area (Å²) in [5, 5.41) is 0.209. The molecule has 1 rings (SSSR count). The molecule has 54 valence electrons. The van der Waals surface area contributed by atoms with Gasteiger partial charge >= 0.3 is 0 Å². The van der Waals surface area contributed by atoms with Crippen LogP contribution in [-0.2, 0) is 0 Å². The molecule has 0 amide bonds. The minimum absolute atomic E-state index is 0.209. The molecule has 0 radical (unpaired) electrons. The lowest BCUT2D eigenvalue weighted by molar-refractivity contribution is 0.609. The third-order valence-corrected chi connectivity index (χ3v) is 2.07. The van der Waals surface area contributed by atoms with Crippen LogP contribution in [0.15, 0.2) is 10.7 Å². The number of hydrogen-bond acceptors (Lipinski definition) is 1. The predicted molar refractivity (Wildman–Crippen MR) is 41.6 cm³/mol. The van der Waals surface area contributed by atoms with Crippen molar-refractivity contribution >= 4 is 27.5 Å². The summed E-state index contributed by atoms with van der Waals surface area (Å²) in [6, 6.07) is 0. The number of pyridine rings is 1. The molecule has 0 saturated heterocycles. The lowest BCUT2D eigenvalue weighted by Gasteiger charge is -1.98. The molecule has 0 spiro atoms. The fourth-order valence-corrected chi connectivity index (χ4v) is 1.07. The van der Waals surface area contributed by atoms with Crippen molar-refractivity contribution in [1.82, 2.24) is 4.98 Å². The predicted octanol–water partition coefficient (Wildman–Crippen LogP) is 2.95. The van der Waals surface area contributed by atoms with Gasteiger partial charge in [0.05, 0.1) is 4.47 Å². The average molecular weight is 224 g/mol. The molecule has 0 aliphatic rings. The van der Waals surface area contributed by atoms with Gasteiger partial charge in [-0.25, -0.2) is 9.37 Å². The lowest BCUT2D eigenvalue weighted by atomic mass is 10.3. The maximum absolute atomic E-state index is 12.8. The quantitative estimate of drug-likeness (QED) is 0.618. The largest absolute Gasteiger partial charge is 0.243 e. The topological polar surface area (TPSA) is 12.9 Å². The van der Waals surface area contributed by atoms with E-state index in [2.05, 4.69) is 20.9 Å². The number of aromatic nitrogens is 1. The van der Waals surface area contributed by atoms with Gasteiger partial charge in [-0.05, 0) is 22.9 Å². The van der Waals surface area contributed by atoms with Crippen LogP contribution in [-0.4, -0.2) is 4.98 Å².